The molecule has 4 nitrogen and oxygen atoms in total. The van der Waals surface area contributed by atoms with Crippen LogP contribution in [-0.4, -0.2) is 0 Å². The van der Waals surface area contributed by atoms with Crippen molar-refractivity contribution in [2.24, 2.45) is 0 Å². The molecule has 0 fully saturated rings. The first kappa shape index (κ1) is 29.5. The Morgan fingerprint density at radius 1 is 0.364 bits per heavy atom. The monoisotopic (exact) mass is 612 g/mol. The van der Waals surface area contributed by atoms with Gasteiger partial charge in [0.15, 0.2) is 0 Å². The van der Waals surface area contributed by atoms with Crippen LogP contribution in [-0.2, 0) is 9.13 Å². The fourth-order valence-electron chi connectivity index (χ4n) is 5.63. The molecule has 218 valence electrons. The van der Waals surface area contributed by atoms with Gasteiger partial charge in [0.05, 0.1) is 0 Å². The highest BCUT2D eigenvalue weighted by atomic mass is 31.2. The van der Waals surface area contributed by atoms with E-state index in [9.17, 15) is 0 Å². The Morgan fingerprint density at radius 3 is 0.909 bits per heavy atom. The van der Waals surface area contributed by atoms with Crippen molar-refractivity contribution >= 4 is 47.2 Å². The minimum absolute atomic E-state index is 0.722. The van der Waals surface area contributed by atoms with Crippen LogP contribution in [0.3, 0.4) is 0 Å². The van der Waals surface area contributed by atoms with Gasteiger partial charge in [-0.1, -0.05) is 97.1 Å². The molecule has 44 heavy (non-hydrogen) atoms. The van der Waals surface area contributed by atoms with E-state index in [0.29, 0.717) is 0 Å². The van der Waals surface area contributed by atoms with Gasteiger partial charge < -0.3 is 10.2 Å². The molecule has 0 aliphatic carbocycles. The summed E-state index contributed by atoms with van der Waals surface area (Å²) in [7, 11) is -6.61. The number of hydrogen-bond acceptors (Lipinski definition) is 2. The fourth-order valence-corrected chi connectivity index (χ4v) is 10.2. The molecule has 6 heteroatoms. The summed E-state index contributed by atoms with van der Waals surface area (Å²) in [6, 6.07) is 50.3. The van der Waals surface area contributed by atoms with Gasteiger partial charge in [-0.05, 0) is 85.6 Å². The molecule has 0 heterocycles. The van der Waals surface area contributed by atoms with Gasteiger partial charge in [-0.25, -0.2) is 0 Å². The molecule has 0 bridgehead atoms. The van der Waals surface area contributed by atoms with Crippen LogP contribution in [0.25, 0.3) is 11.1 Å². The van der Waals surface area contributed by atoms with Crippen molar-refractivity contribution in [3.63, 3.8) is 0 Å². The molecule has 0 aromatic heterocycles. The Balaban J connectivity index is 1.53. The quantitative estimate of drug-likeness (QED) is 0.161. The van der Waals surface area contributed by atoms with Crippen LogP contribution in [0.2, 0.25) is 0 Å². The lowest BCUT2D eigenvalue weighted by Gasteiger charge is -2.27. The molecule has 0 saturated carbocycles. The Morgan fingerprint density at radius 2 is 0.636 bits per heavy atom. The van der Waals surface area contributed by atoms with Gasteiger partial charge in [0.25, 0.3) is 0 Å². The highest BCUT2D eigenvalue weighted by molar-refractivity contribution is 7.80. The van der Waals surface area contributed by atoms with Crippen LogP contribution in [0.5, 0.6) is 0 Å². The second-order valence-corrected chi connectivity index (χ2v) is 15.7. The third-order valence-electron chi connectivity index (χ3n) is 7.83. The summed E-state index contributed by atoms with van der Waals surface area (Å²) >= 11 is 0. The van der Waals surface area contributed by atoms with E-state index < -0.39 is 14.6 Å². The zero-order valence-corrected chi connectivity index (χ0v) is 26.5. The lowest BCUT2D eigenvalue weighted by atomic mass is 9.94. The van der Waals surface area contributed by atoms with E-state index in [2.05, 4.69) is 36.2 Å². The molecule has 0 spiro atoms. The van der Waals surface area contributed by atoms with Gasteiger partial charge in [0.1, 0.15) is 0 Å². The van der Waals surface area contributed by atoms with Crippen LogP contribution >= 0.6 is 14.6 Å². The first-order valence-electron chi connectivity index (χ1n) is 14.6. The lowest BCUT2D eigenvalue weighted by molar-refractivity contribution is 0.589. The predicted octanol–water partition coefficient (Wildman–Crippen LogP) is 8.65. The number of hydrogen-bond donors (Lipinski definition) is 2. The topological polar surface area (TPSA) is 58.2 Å². The summed E-state index contributed by atoms with van der Waals surface area (Å²) in [5, 5.41) is 9.96. The molecule has 0 aliphatic rings. The Labute approximate surface area is 259 Å². The number of nitrogens with one attached hydrogen (secondary N) is 2. The Bertz CT molecular complexity index is 1750. The first-order valence-corrected chi connectivity index (χ1v) is 18.0. The second-order valence-electron chi connectivity index (χ2n) is 10.8. The summed E-state index contributed by atoms with van der Waals surface area (Å²) < 4.78 is 30.2. The van der Waals surface area contributed by atoms with Crippen molar-refractivity contribution < 1.29 is 9.13 Å². The van der Waals surface area contributed by atoms with Crippen LogP contribution in [0.4, 0.5) is 11.4 Å². The van der Waals surface area contributed by atoms with Crippen molar-refractivity contribution in [2.75, 3.05) is 10.2 Å². The third kappa shape index (κ3) is 5.67. The Kier molecular flexibility index (Phi) is 8.40. The van der Waals surface area contributed by atoms with Crippen molar-refractivity contribution in [1.82, 2.24) is 0 Å². The average Bonchev–Trinajstić information content (AvgIpc) is 3.07. The van der Waals surface area contributed by atoms with Crippen LogP contribution in [0.15, 0.2) is 158 Å². The van der Waals surface area contributed by atoms with E-state index in [1.165, 1.54) is 0 Å². The first-order chi connectivity index (χ1) is 21.4. The Hall–Kier alpha value is -4.62. The molecule has 6 rings (SSSR count). The molecule has 0 aliphatic heterocycles. The number of benzene rings is 6. The molecule has 0 amide bonds. The number of aryl methyl sites for hydroxylation is 2. The van der Waals surface area contributed by atoms with Gasteiger partial charge in [0.2, 0.25) is 14.6 Å². The van der Waals surface area contributed by atoms with Gasteiger partial charge in [-0.2, -0.15) is 0 Å². The lowest BCUT2D eigenvalue weighted by Crippen LogP contribution is -2.22. The molecule has 0 radical (unpaired) electrons. The molecule has 2 N–H and O–H groups in total. The molecule has 0 saturated heterocycles. The van der Waals surface area contributed by atoms with E-state index in [1.54, 1.807) is 0 Å². The van der Waals surface area contributed by atoms with E-state index in [-0.39, 0.29) is 0 Å². The molecular formula is C38H34N2O2P2. The van der Waals surface area contributed by atoms with Crippen molar-refractivity contribution in [3.8, 4) is 11.1 Å². The fraction of sp³-hybridized carbons (Fsp3) is 0.0526. The summed E-state index contributed by atoms with van der Waals surface area (Å²) in [4.78, 5) is 0. The summed E-state index contributed by atoms with van der Waals surface area (Å²) in [6.07, 6.45) is 0. The summed E-state index contributed by atoms with van der Waals surface area (Å²) in [5.41, 5.74) is 5.32. The van der Waals surface area contributed by atoms with Crippen molar-refractivity contribution in [2.45, 2.75) is 13.8 Å². The minimum atomic E-state index is -3.31. The minimum Gasteiger partial charge on any atom is -0.329 e. The molecule has 0 atom stereocenters. The normalized spacial score (nSPS) is 11.6. The number of rotatable bonds is 9. The van der Waals surface area contributed by atoms with E-state index >= 15 is 9.13 Å². The average molecular weight is 613 g/mol. The zero-order chi connectivity index (χ0) is 30.6. The van der Waals surface area contributed by atoms with Gasteiger partial charge in [-0.3, -0.25) is 9.13 Å². The van der Waals surface area contributed by atoms with Gasteiger partial charge >= 0.3 is 0 Å². The van der Waals surface area contributed by atoms with E-state index in [0.717, 1.165) is 54.8 Å². The van der Waals surface area contributed by atoms with E-state index in [1.807, 2.05) is 146 Å². The predicted molar refractivity (Wildman–Crippen MR) is 188 cm³/mol. The second kappa shape index (κ2) is 12.5. The van der Waals surface area contributed by atoms with Crippen LogP contribution in [0, 0.1) is 13.8 Å². The zero-order valence-electron chi connectivity index (χ0n) is 24.7. The van der Waals surface area contributed by atoms with Crippen LogP contribution < -0.4 is 31.4 Å². The maximum Gasteiger partial charge on any atom is 0.227 e. The molecule has 6 aromatic rings. The van der Waals surface area contributed by atoms with E-state index in [4.69, 9.17) is 0 Å². The highest BCUT2D eigenvalue weighted by Gasteiger charge is 2.31. The number of anilines is 2. The standard InChI is InChI=1S/C38H34N2O2P2/c1-29-17-15-27-35(39-43(41,31-19-7-3-8-20-31)32-21-9-4-10-22-32)37(29)38-30(2)18-16-28-36(38)40-44(42,33-23-11-5-12-24-33)34-25-13-6-14-26-34/h3-28H,1-2H3,(H,39,41)(H,40,42). The smallest absolute Gasteiger partial charge is 0.227 e. The van der Waals surface area contributed by atoms with Gasteiger partial charge in [-0.15, -0.1) is 0 Å². The largest absolute Gasteiger partial charge is 0.329 e. The summed E-state index contributed by atoms with van der Waals surface area (Å²) in [6.45, 7) is 4.11. The molecular weight excluding hydrogens is 578 g/mol. The van der Waals surface area contributed by atoms with Gasteiger partial charge in [0, 0.05) is 43.7 Å². The maximum absolute atomic E-state index is 15.1. The SMILES string of the molecule is Cc1cccc(NP(=O)(c2ccccc2)c2ccccc2)c1-c1c(C)cccc1NP(=O)(c1ccccc1)c1ccccc1. The van der Waals surface area contributed by atoms with Crippen molar-refractivity contribution in [1.29, 1.82) is 0 Å². The summed E-state index contributed by atoms with van der Waals surface area (Å²) in [5.74, 6) is 0. The van der Waals surface area contributed by atoms with Crippen molar-refractivity contribution in [3.05, 3.63) is 169 Å². The maximum atomic E-state index is 15.1. The van der Waals surface area contributed by atoms with Crippen LogP contribution in [0.1, 0.15) is 11.1 Å². The molecule has 0 unspecified atom stereocenters. The molecule has 6 aromatic carbocycles. The highest BCUT2D eigenvalue weighted by Crippen LogP contribution is 2.51. The third-order valence-corrected chi connectivity index (χ3v) is 13.0.